The Balaban J connectivity index is 1.64. The monoisotopic (exact) mass is 409 g/mol. The second-order valence-electron chi connectivity index (χ2n) is 6.27. The smallest absolute Gasteiger partial charge is 0.307 e. The number of carbonyl (C=O) groups is 2. The van der Waals surface area contributed by atoms with Gasteiger partial charge in [0.05, 0.1) is 28.0 Å². The highest BCUT2D eigenvalue weighted by Gasteiger charge is 2.33. The second-order valence-corrected chi connectivity index (χ2v) is 7.95. The number of hydrogen-bond acceptors (Lipinski definition) is 5. The molecule has 2 aromatic carbocycles. The van der Waals surface area contributed by atoms with Gasteiger partial charge in [-0.15, -0.1) is 0 Å². The lowest BCUT2D eigenvalue weighted by Gasteiger charge is -2.14. The normalized spacial score (nSPS) is 15.8. The fourth-order valence-corrected chi connectivity index (χ4v) is 4.31. The molecule has 1 N–H and O–H groups in total. The minimum atomic E-state index is -0.899. The Morgan fingerprint density at radius 3 is 2.61 bits per heavy atom. The van der Waals surface area contributed by atoms with Crippen molar-refractivity contribution in [3.63, 3.8) is 0 Å². The van der Waals surface area contributed by atoms with Crippen molar-refractivity contribution in [2.24, 2.45) is 7.05 Å². The average molecular weight is 409 g/mol. The minimum Gasteiger partial charge on any atom is -0.481 e. The Bertz CT molecular complexity index is 1150. The molecular formula is C20H15N3O3S2. The van der Waals surface area contributed by atoms with Gasteiger partial charge in [0.15, 0.2) is 4.32 Å². The number of aromatic nitrogens is 2. The van der Waals surface area contributed by atoms with Gasteiger partial charge in [0.1, 0.15) is 5.82 Å². The van der Waals surface area contributed by atoms with Crippen molar-refractivity contribution in [2.45, 2.75) is 6.42 Å². The van der Waals surface area contributed by atoms with Gasteiger partial charge in [-0.3, -0.25) is 14.5 Å². The molecule has 0 aliphatic carbocycles. The number of anilines is 1. The maximum atomic E-state index is 12.9. The van der Waals surface area contributed by atoms with E-state index in [9.17, 15) is 9.59 Å². The summed E-state index contributed by atoms with van der Waals surface area (Å²) < 4.78 is 2.36. The van der Waals surface area contributed by atoms with Gasteiger partial charge in [0.25, 0.3) is 5.91 Å². The van der Waals surface area contributed by atoms with Crippen LogP contribution in [0.15, 0.2) is 53.4 Å². The maximum Gasteiger partial charge on any atom is 0.307 e. The lowest BCUT2D eigenvalue weighted by molar-refractivity contribution is -0.136. The Kier molecular flexibility index (Phi) is 4.74. The quantitative estimate of drug-likeness (QED) is 0.524. The molecule has 6 nitrogen and oxygen atoms in total. The summed E-state index contributed by atoms with van der Waals surface area (Å²) >= 11 is 6.63. The van der Waals surface area contributed by atoms with E-state index in [-0.39, 0.29) is 12.3 Å². The van der Waals surface area contributed by atoms with Gasteiger partial charge < -0.3 is 9.67 Å². The van der Waals surface area contributed by atoms with E-state index < -0.39 is 5.97 Å². The standard InChI is InChI=1S/C20H15N3O3S2/c1-22-15-5-3-2-4-14(15)21-17(22)11-16-19(26)23(20(27)28-16)13-8-6-12(7-9-13)10-18(24)25/h2-9,11H,10H2,1H3,(H,24,25). The van der Waals surface area contributed by atoms with Crippen LogP contribution >= 0.6 is 24.0 Å². The molecule has 0 atom stereocenters. The third-order valence-electron chi connectivity index (χ3n) is 4.43. The van der Waals surface area contributed by atoms with Gasteiger partial charge in [-0.25, -0.2) is 4.98 Å². The topological polar surface area (TPSA) is 75.4 Å². The SMILES string of the molecule is Cn1c(C=C2SC(=S)N(c3ccc(CC(=O)O)cc3)C2=O)nc2ccccc21. The molecule has 1 aromatic heterocycles. The first-order valence-corrected chi connectivity index (χ1v) is 9.66. The lowest BCUT2D eigenvalue weighted by atomic mass is 10.1. The van der Waals surface area contributed by atoms with Crippen molar-refractivity contribution < 1.29 is 14.7 Å². The third-order valence-corrected chi connectivity index (χ3v) is 5.73. The molecular weight excluding hydrogens is 394 g/mol. The number of amides is 1. The number of para-hydroxylation sites is 2. The van der Waals surface area contributed by atoms with E-state index in [0.29, 0.717) is 26.3 Å². The molecule has 0 spiro atoms. The molecule has 0 unspecified atom stereocenters. The number of aliphatic carboxylic acids is 1. The molecule has 0 bridgehead atoms. The molecule has 140 valence electrons. The number of imidazole rings is 1. The van der Waals surface area contributed by atoms with Crippen LogP contribution in [0.4, 0.5) is 5.69 Å². The number of carboxylic acids is 1. The number of aryl methyl sites for hydroxylation is 1. The number of fused-ring (bicyclic) bond motifs is 1. The molecule has 1 aliphatic rings. The number of benzene rings is 2. The van der Waals surface area contributed by atoms with Gasteiger partial charge in [0, 0.05) is 13.1 Å². The summed E-state index contributed by atoms with van der Waals surface area (Å²) in [5.41, 5.74) is 3.13. The number of rotatable bonds is 4. The number of thiocarbonyl (C=S) groups is 1. The highest BCUT2D eigenvalue weighted by atomic mass is 32.2. The largest absolute Gasteiger partial charge is 0.481 e. The van der Waals surface area contributed by atoms with Crippen molar-refractivity contribution in [1.29, 1.82) is 0 Å². The summed E-state index contributed by atoms with van der Waals surface area (Å²) in [6.45, 7) is 0. The number of carbonyl (C=O) groups excluding carboxylic acids is 1. The first-order chi connectivity index (χ1) is 13.4. The van der Waals surface area contributed by atoms with E-state index in [1.54, 1.807) is 30.3 Å². The van der Waals surface area contributed by atoms with Crippen LogP contribution in [0.3, 0.4) is 0 Å². The zero-order valence-electron chi connectivity index (χ0n) is 14.8. The summed E-state index contributed by atoms with van der Waals surface area (Å²) in [6, 6.07) is 14.6. The van der Waals surface area contributed by atoms with Crippen LogP contribution in [0.2, 0.25) is 0 Å². The first-order valence-electron chi connectivity index (χ1n) is 8.44. The minimum absolute atomic E-state index is 0.0642. The molecule has 1 saturated heterocycles. The summed E-state index contributed by atoms with van der Waals surface area (Å²) in [5.74, 6) is -0.435. The summed E-state index contributed by atoms with van der Waals surface area (Å²) in [7, 11) is 1.91. The van der Waals surface area contributed by atoms with Crippen LogP contribution in [0, 0.1) is 0 Å². The lowest BCUT2D eigenvalue weighted by Crippen LogP contribution is -2.27. The maximum absolute atomic E-state index is 12.9. The van der Waals surface area contributed by atoms with E-state index in [2.05, 4.69) is 4.98 Å². The predicted octanol–water partition coefficient (Wildman–Crippen LogP) is 3.61. The van der Waals surface area contributed by atoms with Crippen molar-refractivity contribution in [1.82, 2.24) is 9.55 Å². The number of carboxylic acid groups (broad SMARTS) is 1. The van der Waals surface area contributed by atoms with E-state index in [0.717, 1.165) is 11.0 Å². The highest BCUT2D eigenvalue weighted by molar-refractivity contribution is 8.27. The molecule has 1 amide bonds. The van der Waals surface area contributed by atoms with Gasteiger partial charge in [-0.05, 0) is 29.8 Å². The Labute approximate surface area is 170 Å². The molecule has 8 heteroatoms. The zero-order valence-corrected chi connectivity index (χ0v) is 16.5. The van der Waals surface area contributed by atoms with Crippen LogP contribution < -0.4 is 4.90 Å². The predicted molar refractivity (Wildman–Crippen MR) is 114 cm³/mol. The van der Waals surface area contributed by atoms with Crippen LogP contribution in [0.5, 0.6) is 0 Å². The first kappa shape index (κ1) is 18.4. The Hall–Kier alpha value is -2.97. The molecule has 2 heterocycles. The number of hydrogen-bond donors (Lipinski definition) is 1. The van der Waals surface area contributed by atoms with E-state index >= 15 is 0 Å². The number of thioether (sulfide) groups is 1. The van der Waals surface area contributed by atoms with Gasteiger partial charge in [0.2, 0.25) is 0 Å². The third kappa shape index (κ3) is 3.32. The van der Waals surface area contributed by atoms with E-state index in [1.807, 2.05) is 35.9 Å². The molecule has 1 fully saturated rings. The zero-order chi connectivity index (χ0) is 19.8. The van der Waals surface area contributed by atoms with Crippen LogP contribution in [0.25, 0.3) is 17.1 Å². The molecule has 3 aromatic rings. The van der Waals surface area contributed by atoms with Gasteiger partial charge in [-0.1, -0.05) is 48.2 Å². The van der Waals surface area contributed by atoms with Crippen molar-refractivity contribution in [3.05, 3.63) is 64.8 Å². The number of nitrogens with zero attached hydrogens (tertiary/aromatic N) is 3. The summed E-state index contributed by atoms with van der Waals surface area (Å²) in [6.07, 6.45) is 1.68. The van der Waals surface area contributed by atoms with Crippen molar-refractivity contribution in [2.75, 3.05) is 4.90 Å². The molecule has 0 radical (unpaired) electrons. The van der Waals surface area contributed by atoms with Crippen LogP contribution in [-0.2, 0) is 23.1 Å². The highest BCUT2D eigenvalue weighted by Crippen LogP contribution is 2.36. The van der Waals surface area contributed by atoms with E-state index in [4.69, 9.17) is 17.3 Å². The van der Waals surface area contributed by atoms with Crippen molar-refractivity contribution >= 4 is 63.0 Å². The summed E-state index contributed by atoms with van der Waals surface area (Å²) in [4.78, 5) is 30.3. The second kappa shape index (κ2) is 7.21. The van der Waals surface area contributed by atoms with Gasteiger partial charge in [-0.2, -0.15) is 0 Å². The fraction of sp³-hybridized carbons (Fsp3) is 0.100. The molecule has 1 aliphatic heterocycles. The summed E-state index contributed by atoms with van der Waals surface area (Å²) in [5, 5.41) is 8.88. The Morgan fingerprint density at radius 1 is 1.21 bits per heavy atom. The van der Waals surface area contributed by atoms with Gasteiger partial charge >= 0.3 is 5.97 Å². The molecule has 0 saturated carbocycles. The Morgan fingerprint density at radius 2 is 1.93 bits per heavy atom. The molecule has 4 rings (SSSR count). The van der Waals surface area contributed by atoms with Crippen molar-refractivity contribution in [3.8, 4) is 0 Å². The van der Waals surface area contributed by atoms with Crippen LogP contribution in [-0.4, -0.2) is 30.9 Å². The van der Waals surface area contributed by atoms with E-state index in [1.165, 1.54) is 16.7 Å². The fourth-order valence-electron chi connectivity index (χ4n) is 3.04. The molecule has 28 heavy (non-hydrogen) atoms. The van der Waals surface area contributed by atoms with Crippen LogP contribution in [0.1, 0.15) is 11.4 Å². The average Bonchev–Trinajstić information content (AvgIpc) is 3.12.